The highest BCUT2D eigenvalue weighted by Gasteiger charge is 2.18. The van der Waals surface area contributed by atoms with Crippen LogP contribution in [0.25, 0.3) is 22.0 Å². The maximum Gasteiger partial charge on any atom is 0.320 e. The highest BCUT2D eigenvalue weighted by atomic mass is 16.4. The van der Waals surface area contributed by atoms with Gasteiger partial charge in [-0.3, -0.25) is 14.7 Å². The Labute approximate surface area is 204 Å². The van der Waals surface area contributed by atoms with Crippen LogP contribution in [0.15, 0.2) is 72.9 Å². The van der Waals surface area contributed by atoms with Gasteiger partial charge in [-0.25, -0.2) is 0 Å². The zero-order valence-corrected chi connectivity index (χ0v) is 19.9. The minimum absolute atomic E-state index is 0.158. The van der Waals surface area contributed by atoms with Crippen LogP contribution in [0.3, 0.4) is 0 Å². The number of benzene rings is 3. The van der Waals surface area contributed by atoms with Crippen LogP contribution in [-0.2, 0) is 11.2 Å². The molecule has 1 aromatic heterocycles. The Kier molecular flexibility index (Phi) is 7.27. The van der Waals surface area contributed by atoms with Crippen LogP contribution in [0, 0.1) is 5.92 Å². The Balaban J connectivity index is 1.40. The molecule has 0 saturated carbocycles. The second-order valence-electron chi connectivity index (χ2n) is 9.20. The molecule has 4 aromatic rings. The van der Waals surface area contributed by atoms with E-state index in [2.05, 4.69) is 71.8 Å². The van der Waals surface area contributed by atoms with Gasteiger partial charge in [-0.05, 0) is 52.8 Å². The van der Waals surface area contributed by atoms with Gasteiger partial charge in [-0.2, -0.15) is 5.10 Å². The van der Waals surface area contributed by atoms with E-state index in [1.54, 1.807) is 24.3 Å². The van der Waals surface area contributed by atoms with Crippen LogP contribution in [0.1, 0.15) is 41.3 Å². The quantitative estimate of drug-likeness (QED) is 0.290. The Morgan fingerprint density at radius 2 is 1.69 bits per heavy atom. The van der Waals surface area contributed by atoms with Gasteiger partial charge >= 0.3 is 5.97 Å². The van der Waals surface area contributed by atoms with Crippen LogP contribution in [0.5, 0.6) is 0 Å². The Morgan fingerprint density at radius 3 is 2.34 bits per heavy atom. The van der Waals surface area contributed by atoms with Crippen LogP contribution in [0.2, 0.25) is 0 Å². The number of H-pyrrole nitrogens is 1. The molecule has 0 spiro atoms. The lowest BCUT2D eigenvalue weighted by Crippen LogP contribution is -2.32. The minimum atomic E-state index is -1.04. The van der Waals surface area contributed by atoms with Gasteiger partial charge in [-0.15, -0.1) is 0 Å². The van der Waals surface area contributed by atoms with E-state index in [1.165, 1.54) is 5.56 Å². The highest BCUT2D eigenvalue weighted by Crippen LogP contribution is 2.28. The monoisotopic (exact) mass is 470 g/mol. The summed E-state index contributed by atoms with van der Waals surface area (Å²) in [5.74, 6) is -0.703. The first-order valence-corrected chi connectivity index (χ1v) is 11.7. The van der Waals surface area contributed by atoms with E-state index in [9.17, 15) is 9.59 Å². The number of carboxylic acids is 1. The average molecular weight is 471 g/mol. The summed E-state index contributed by atoms with van der Waals surface area (Å²) >= 11 is 0. The van der Waals surface area contributed by atoms with Crippen LogP contribution in [-0.4, -0.2) is 39.8 Å². The predicted octanol–water partition coefficient (Wildman–Crippen LogP) is 4.35. The maximum absolute atomic E-state index is 12.7. The van der Waals surface area contributed by atoms with Gasteiger partial charge in [0, 0.05) is 23.4 Å². The molecule has 0 fully saturated rings. The summed E-state index contributed by atoms with van der Waals surface area (Å²) in [5, 5.41) is 20.2. The van der Waals surface area contributed by atoms with Crippen LogP contribution in [0.4, 0.5) is 0 Å². The van der Waals surface area contributed by atoms with Crippen molar-refractivity contribution in [3.63, 3.8) is 0 Å². The fraction of sp³-hybridized carbons (Fsp3) is 0.250. The molecule has 7 heteroatoms. The maximum atomic E-state index is 12.7. The fourth-order valence-corrected chi connectivity index (χ4v) is 4.22. The number of carbonyl (C=O) groups excluding carboxylic acids is 1. The lowest BCUT2D eigenvalue weighted by Gasteiger charge is -2.22. The van der Waals surface area contributed by atoms with Crippen molar-refractivity contribution in [3.05, 3.63) is 89.6 Å². The van der Waals surface area contributed by atoms with Crippen molar-refractivity contribution in [1.82, 2.24) is 15.5 Å². The summed E-state index contributed by atoms with van der Waals surface area (Å²) in [5.41, 5.74) is 11.3. The zero-order chi connectivity index (χ0) is 24.9. The minimum Gasteiger partial charge on any atom is -0.480 e. The normalized spacial score (nSPS) is 13.0. The number of nitrogens with zero attached hydrogens (tertiary/aromatic N) is 1. The van der Waals surface area contributed by atoms with Crippen molar-refractivity contribution in [2.75, 3.05) is 6.54 Å². The number of carboxylic acid groups (broad SMARTS) is 1. The molecule has 180 valence electrons. The molecule has 7 nitrogen and oxygen atoms in total. The predicted molar refractivity (Wildman–Crippen MR) is 137 cm³/mol. The largest absolute Gasteiger partial charge is 0.480 e. The van der Waals surface area contributed by atoms with Gasteiger partial charge in [0.1, 0.15) is 6.04 Å². The summed E-state index contributed by atoms with van der Waals surface area (Å²) in [4.78, 5) is 23.7. The number of nitrogens with one attached hydrogen (secondary N) is 2. The van der Waals surface area contributed by atoms with Crippen molar-refractivity contribution >= 4 is 22.8 Å². The number of rotatable bonds is 9. The zero-order valence-electron chi connectivity index (χ0n) is 19.9. The van der Waals surface area contributed by atoms with Crippen molar-refractivity contribution < 1.29 is 14.7 Å². The van der Waals surface area contributed by atoms with E-state index in [4.69, 9.17) is 10.8 Å². The lowest BCUT2D eigenvalue weighted by molar-refractivity contribution is -0.138. The van der Waals surface area contributed by atoms with Gasteiger partial charge in [0.2, 0.25) is 0 Å². The standard InChI is InChI=1S/C28H30N4O3/c1-17(2)24(16-30-27(33)21-5-3-18(4-6-21)13-25(29)28(34)35)20-9-7-19(8-10-20)22-11-12-23-15-31-32-26(23)14-22/h3-12,14-15,17,24-25H,13,16,29H2,1-2H3,(H,30,33)(H,31,32)(H,34,35). The van der Waals surface area contributed by atoms with Gasteiger partial charge in [0.05, 0.1) is 11.7 Å². The number of aliphatic carboxylic acids is 1. The molecule has 4 rings (SSSR count). The molecule has 1 heterocycles. The third-order valence-corrected chi connectivity index (χ3v) is 6.39. The number of amides is 1. The first-order valence-electron chi connectivity index (χ1n) is 11.7. The Hall–Kier alpha value is -3.97. The number of hydrogen-bond donors (Lipinski definition) is 4. The number of nitrogens with two attached hydrogens (primary N) is 1. The van der Waals surface area contributed by atoms with Crippen LogP contribution < -0.4 is 11.1 Å². The molecule has 0 saturated heterocycles. The molecule has 0 aliphatic carbocycles. The molecule has 0 bridgehead atoms. The number of hydrogen-bond acceptors (Lipinski definition) is 4. The molecule has 2 atom stereocenters. The molecule has 35 heavy (non-hydrogen) atoms. The van der Waals surface area contributed by atoms with Crippen molar-refractivity contribution in [2.45, 2.75) is 32.2 Å². The van der Waals surface area contributed by atoms with Gasteiger partial charge < -0.3 is 16.2 Å². The summed E-state index contributed by atoms with van der Waals surface area (Å²) in [6, 6.07) is 20.7. The molecule has 0 aliphatic rings. The fourth-order valence-electron chi connectivity index (χ4n) is 4.22. The highest BCUT2D eigenvalue weighted by molar-refractivity contribution is 5.94. The molecule has 0 radical (unpaired) electrons. The van der Waals surface area contributed by atoms with Crippen LogP contribution >= 0.6 is 0 Å². The summed E-state index contributed by atoms with van der Waals surface area (Å²) < 4.78 is 0. The van der Waals surface area contributed by atoms with Gasteiger partial charge in [0.25, 0.3) is 5.91 Å². The molecule has 3 aromatic carbocycles. The second kappa shape index (κ2) is 10.5. The van der Waals surface area contributed by atoms with E-state index in [0.717, 1.165) is 27.6 Å². The van der Waals surface area contributed by atoms with Crippen molar-refractivity contribution in [3.8, 4) is 11.1 Å². The first-order chi connectivity index (χ1) is 16.8. The average Bonchev–Trinajstić information content (AvgIpc) is 3.32. The Morgan fingerprint density at radius 1 is 1.00 bits per heavy atom. The van der Waals surface area contributed by atoms with Crippen molar-refractivity contribution in [2.24, 2.45) is 11.7 Å². The van der Waals surface area contributed by atoms with E-state index in [-0.39, 0.29) is 18.2 Å². The third-order valence-electron chi connectivity index (χ3n) is 6.39. The molecule has 2 unspecified atom stereocenters. The van der Waals surface area contributed by atoms with Gasteiger partial charge in [0.15, 0.2) is 0 Å². The second-order valence-corrected chi connectivity index (χ2v) is 9.20. The summed E-state index contributed by atoms with van der Waals surface area (Å²) in [6.45, 7) is 4.82. The molecular formula is C28H30N4O3. The third kappa shape index (κ3) is 5.75. The Bertz CT molecular complexity index is 1310. The summed E-state index contributed by atoms with van der Waals surface area (Å²) in [7, 11) is 0. The summed E-state index contributed by atoms with van der Waals surface area (Å²) in [6.07, 6.45) is 2.03. The number of fused-ring (bicyclic) bond motifs is 1. The van der Waals surface area contributed by atoms with E-state index in [0.29, 0.717) is 18.0 Å². The molecule has 1 amide bonds. The lowest BCUT2D eigenvalue weighted by atomic mass is 9.87. The van der Waals surface area contributed by atoms with E-state index >= 15 is 0 Å². The van der Waals surface area contributed by atoms with E-state index < -0.39 is 12.0 Å². The SMILES string of the molecule is CC(C)C(CNC(=O)c1ccc(CC(N)C(=O)O)cc1)c1ccc(-c2ccc3cn[nH]c3c2)cc1. The van der Waals surface area contributed by atoms with Crippen molar-refractivity contribution in [1.29, 1.82) is 0 Å². The number of carbonyl (C=O) groups is 2. The first kappa shape index (κ1) is 24.2. The van der Waals surface area contributed by atoms with Gasteiger partial charge in [-0.1, -0.05) is 62.4 Å². The number of aromatic nitrogens is 2. The molecule has 0 aliphatic heterocycles. The molecule has 5 N–H and O–H groups in total. The van der Waals surface area contributed by atoms with E-state index in [1.807, 2.05) is 6.20 Å². The smallest absolute Gasteiger partial charge is 0.320 e. The molecular weight excluding hydrogens is 440 g/mol. The topological polar surface area (TPSA) is 121 Å². The number of aromatic amines is 1.